The van der Waals surface area contributed by atoms with E-state index in [0.29, 0.717) is 24.1 Å². The molecule has 0 spiro atoms. The van der Waals surface area contributed by atoms with E-state index in [9.17, 15) is 4.39 Å². The van der Waals surface area contributed by atoms with Crippen LogP contribution in [0.15, 0.2) is 54.6 Å². The molecule has 3 aromatic rings. The van der Waals surface area contributed by atoms with E-state index in [2.05, 4.69) is 20.6 Å². The Morgan fingerprint density at radius 3 is 2.52 bits per heavy atom. The quantitative estimate of drug-likeness (QED) is 0.675. The van der Waals surface area contributed by atoms with Crippen molar-refractivity contribution in [3.63, 3.8) is 0 Å². The zero-order chi connectivity index (χ0) is 17.6. The fourth-order valence-electron chi connectivity index (χ4n) is 2.34. The molecule has 1 aromatic heterocycles. The third-order valence-electron chi connectivity index (χ3n) is 3.40. The monoisotopic (exact) mass is 338 g/mol. The highest BCUT2D eigenvalue weighted by atomic mass is 19.1. The smallest absolute Gasteiger partial charge is 0.229 e. The largest absolute Gasteiger partial charge is 0.492 e. The SMILES string of the molecule is CCOc1ccccc1Nc1cc(C)nc(Nc2ccc(F)cc2)n1. The molecule has 0 unspecified atom stereocenters. The summed E-state index contributed by atoms with van der Waals surface area (Å²) in [6.45, 7) is 4.41. The highest BCUT2D eigenvalue weighted by molar-refractivity contribution is 5.65. The normalized spacial score (nSPS) is 10.4. The number of para-hydroxylation sites is 2. The van der Waals surface area contributed by atoms with Gasteiger partial charge in [0.15, 0.2) is 0 Å². The van der Waals surface area contributed by atoms with E-state index in [1.807, 2.05) is 44.2 Å². The first-order valence-electron chi connectivity index (χ1n) is 8.01. The van der Waals surface area contributed by atoms with Gasteiger partial charge in [-0.1, -0.05) is 12.1 Å². The van der Waals surface area contributed by atoms with E-state index in [4.69, 9.17) is 4.74 Å². The highest BCUT2D eigenvalue weighted by Crippen LogP contribution is 2.27. The molecule has 6 heteroatoms. The van der Waals surface area contributed by atoms with E-state index >= 15 is 0 Å². The highest BCUT2D eigenvalue weighted by Gasteiger charge is 2.07. The lowest BCUT2D eigenvalue weighted by molar-refractivity contribution is 0.342. The van der Waals surface area contributed by atoms with Gasteiger partial charge in [-0.15, -0.1) is 0 Å². The number of nitrogens with zero attached hydrogens (tertiary/aromatic N) is 2. The molecule has 0 amide bonds. The van der Waals surface area contributed by atoms with Crippen molar-refractivity contribution in [2.45, 2.75) is 13.8 Å². The number of rotatable bonds is 6. The van der Waals surface area contributed by atoms with Crippen LogP contribution in [0.25, 0.3) is 0 Å². The zero-order valence-electron chi connectivity index (χ0n) is 14.1. The predicted molar refractivity (Wildman–Crippen MR) is 97.3 cm³/mol. The molecule has 0 saturated carbocycles. The fourth-order valence-corrected chi connectivity index (χ4v) is 2.34. The Balaban J connectivity index is 1.83. The number of anilines is 4. The van der Waals surface area contributed by atoms with Crippen LogP contribution in [0.3, 0.4) is 0 Å². The minimum atomic E-state index is -0.286. The van der Waals surface area contributed by atoms with Crippen molar-refractivity contribution in [3.05, 3.63) is 66.1 Å². The Morgan fingerprint density at radius 2 is 1.76 bits per heavy atom. The standard InChI is InChI=1S/C19H19FN4O/c1-3-25-17-7-5-4-6-16(17)23-18-12-13(2)21-19(24-18)22-15-10-8-14(20)9-11-15/h4-12H,3H2,1-2H3,(H2,21,22,23,24). The Labute approximate surface area is 145 Å². The summed E-state index contributed by atoms with van der Waals surface area (Å²) in [5, 5.41) is 6.34. The summed E-state index contributed by atoms with van der Waals surface area (Å²) in [4.78, 5) is 8.83. The molecular formula is C19H19FN4O. The topological polar surface area (TPSA) is 59.1 Å². The van der Waals surface area contributed by atoms with Gasteiger partial charge in [-0.2, -0.15) is 4.98 Å². The van der Waals surface area contributed by atoms with E-state index < -0.39 is 0 Å². The van der Waals surface area contributed by atoms with Crippen LogP contribution >= 0.6 is 0 Å². The van der Waals surface area contributed by atoms with Gasteiger partial charge in [0.05, 0.1) is 12.3 Å². The van der Waals surface area contributed by atoms with Gasteiger partial charge in [0, 0.05) is 17.4 Å². The molecule has 0 radical (unpaired) electrons. The number of halogens is 1. The summed E-state index contributed by atoms with van der Waals surface area (Å²) >= 11 is 0. The van der Waals surface area contributed by atoms with Crippen LogP contribution < -0.4 is 15.4 Å². The van der Waals surface area contributed by atoms with Gasteiger partial charge in [-0.3, -0.25) is 0 Å². The van der Waals surface area contributed by atoms with Crippen molar-refractivity contribution in [1.82, 2.24) is 9.97 Å². The number of ether oxygens (including phenoxy) is 1. The summed E-state index contributed by atoms with van der Waals surface area (Å²) in [7, 11) is 0. The van der Waals surface area contributed by atoms with Crippen LogP contribution in [0.1, 0.15) is 12.6 Å². The van der Waals surface area contributed by atoms with Crippen molar-refractivity contribution >= 4 is 23.1 Å². The lowest BCUT2D eigenvalue weighted by Crippen LogP contribution is -2.03. The maximum atomic E-state index is 13.0. The van der Waals surface area contributed by atoms with Crippen LogP contribution in [0.4, 0.5) is 27.5 Å². The second kappa shape index (κ2) is 7.61. The first kappa shape index (κ1) is 16.7. The molecule has 5 nitrogen and oxygen atoms in total. The molecule has 0 aliphatic heterocycles. The number of nitrogens with one attached hydrogen (secondary N) is 2. The van der Waals surface area contributed by atoms with E-state index in [1.165, 1.54) is 12.1 Å². The van der Waals surface area contributed by atoms with Gasteiger partial charge in [0.1, 0.15) is 17.4 Å². The average Bonchev–Trinajstić information content (AvgIpc) is 2.58. The Hall–Kier alpha value is -3.15. The number of benzene rings is 2. The van der Waals surface area contributed by atoms with Crippen LogP contribution in [-0.4, -0.2) is 16.6 Å². The lowest BCUT2D eigenvalue weighted by atomic mass is 10.3. The van der Waals surface area contributed by atoms with Crippen LogP contribution in [0, 0.1) is 12.7 Å². The number of aryl methyl sites for hydroxylation is 1. The minimum Gasteiger partial charge on any atom is -0.492 e. The summed E-state index contributed by atoms with van der Waals surface area (Å²) in [6.07, 6.45) is 0. The molecule has 0 fully saturated rings. The molecule has 128 valence electrons. The Bertz CT molecular complexity index is 852. The number of aromatic nitrogens is 2. The maximum absolute atomic E-state index is 13.0. The van der Waals surface area contributed by atoms with Gasteiger partial charge < -0.3 is 15.4 Å². The Kier molecular flexibility index (Phi) is 5.09. The van der Waals surface area contributed by atoms with Crippen LogP contribution in [0.5, 0.6) is 5.75 Å². The van der Waals surface area contributed by atoms with Crippen molar-refractivity contribution in [3.8, 4) is 5.75 Å². The van der Waals surface area contributed by atoms with Crippen molar-refractivity contribution in [2.24, 2.45) is 0 Å². The third-order valence-corrected chi connectivity index (χ3v) is 3.40. The summed E-state index contributed by atoms with van der Waals surface area (Å²) < 4.78 is 18.6. The fraction of sp³-hybridized carbons (Fsp3) is 0.158. The zero-order valence-corrected chi connectivity index (χ0v) is 14.1. The lowest BCUT2D eigenvalue weighted by Gasteiger charge is -2.13. The van der Waals surface area contributed by atoms with Crippen LogP contribution in [-0.2, 0) is 0 Å². The number of hydrogen-bond acceptors (Lipinski definition) is 5. The van der Waals surface area contributed by atoms with Gasteiger partial charge in [0.25, 0.3) is 0 Å². The summed E-state index contributed by atoms with van der Waals surface area (Å²) in [5.74, 6) is 1.55. The summed E-state index contributed by atoms with van der Waals surface area (Å²) in [5.41, 5.74) is 2.35. The van der Waals surface area contributed by atoms with Gasteiger partial charge in [0.2, 0.25) is 5.95 Å². The molecule has 25 heavy (non-hydrogen) atoms. The van der Waals surface area contributed by atoms with Crippen molar-refractivity contribution in [2.75, 3.05) is 17.2 Å². The second-order valence-electron chi connectivity index (χ2n) is 5.40. The van der Waals surface area contributed by atoms with E-state index in [1.54, 1.807) is 12.1 Å². The maximum Gasteiger partial charge on any atom is 0.229 e. The molecule has 2 aromatic carbocycles. The average molecular weight is 338 g/mol. The van der Waals surface area contributed by atoms with Crippen molar-refractivity contribution in [1.29, 1.82) is 0 Å². The second-order valence-corrected chi connectivity index (χ2v) is 5.40. The van der Waals surface area contributed by atoms with Gasteiger partial charge >= 0.3 is 0 Å². The molecule has 0 aliphatic rings. The van der Waals surface area contributed by atoms with Crippen LogP contribution in [0.2, 0.25) is 0 Å². The first-order chi connectivity index (χ1) is 12.1. The number of hydrogen-bond donors (Lipinski definition) is 2. The van der Waals surface area contributed by atoms with E-state index in [-0.39, 0.29) is 5.82 Å². The summed E-state index contributed by atoms with van der Waals surface area (Å²) in [6, 6.07) is 15.6. The third kappa shape index (κ3) is 4.44. The van der Waals surface area contributed by atoms with Gasteiger partial charge in [-0.25, -0.2) is 9.37 Å². The molecule has 0 aliphatic carbocycles. The molecule has 0 bridgehead atoms. The van der Waals surface area contributed by atoms with Crippen molar-refractivity contribution < 1.29 is 9.13 Å². The van der Waals surface area contributed by atoms with E-state index in [0.717, 1.165) is 17.1 Å². The molecule has 0 saturated heterocycles. The Morgan fingerprint density at radius 1 is 1.00 bits per heavy atom. The molecule has 1 heterocycles. The first-order valence-corrected chi connectivity index (χ1v) is 8.01. The molecule has 3 rings (SSSR count). The molecule has 2 N–H and O–H groups in total. The molecule has 0 atom stereocenters. The van der Waals surface area contributed by atoms with Gasteiger partial charge in [-0.05, 0) is 50.2 Å². The predicted octanol–water partition coefficient (Wildman–Crippen LogP) is 4.81. The molecular weight excluding hydrogens is 319 g/mol. The minimum absolute atomic E-state index is 0.286.